The molecule has 14 nitrogen and oxygen atoms in total. The summed E-state index contributed by atoms with van der Waals surface area (Å²) in [6.07, 6.45) is 40.4. The molecule has 12 atom stereocenters. The Morgan fingerprint density at radius 3 is 1.36 bits per heavy atom. The van der Waals surface area contributed by atoms with Crippen molar-refractivity contribution in [1.29, 1.82) is 0 Å². The summed E-state index contributed by atoms with van der Waals surface area (Å²) < 4.78 is 22.7. The molecule has 0 aromatic carbocycles. The van der Waals surface area contributed by atoms with Crippen LogP contribution >= 0.6 is 0 Å². The van der Waals surface area contributed by atoms with Gasteiger partial charge >= 0.3 is 0 Å². The van der Waals surface area contributed by atoms with Gasteiger partial charge in [0.1, 0.15) is 48.8 Å². The lowest BCUT2D eigenvalue weighted by molar-refractivity contribution is -0.359. The maximum atomic E-state index is 13.2. The van der Waals surface area contributed by atoms with Gasteiger partial charge in [0.05, 0.1) is 32.0 Å². The lowest BCUT2D eigenvalue weighted by Gasteiger charge is -2.46. The maximum absolute atomic E-state index is 13.2. The van der Waals surface area contributed by atoms with Crippen LogP contribution < -0.4 is 5.32 Å². The van der Waals surface area contributed by atoms with Crippen molar-refractivity contribution in [3.05, 3.63) is 48.6 Å². The first-order valence-electron chi connectivity index (χ1n) is 29.9. The van der Waals surface area contributed by atoms with Gasteiger partial charge in [-0.25, -0.2) is 0 Å². The third-order valence-electron chi connectivity index (χ3n) is 14.5. The van der Waals surface area contributed by atoms with Crippen LogP contribution in [0.3, 0.4) is 0 Å². The highest BCUT2D eigenvalue weighted by Gasteiger charge is 2.51. The molecule has 0 aromatic rings. The van der Waals surface area contributed by atoms with Crippen LogP contribution in [0, 0.1) is 0 Å². The van der Waals surface area contributed by atoms with E-state index in [1.807, 2.05) is 6.08 Å². The normalized spacial score (nSPS) is 25.5. The number of aliphatic hydroxyl groups is 8. The number of ether oxygens (including phenoxy) is 4. The number of carbonyl (C=O) groups excluding carboxylic acids is 1. The molecule has 9 N–H and O–H groups in total. The van der Waals surface area contributed by atoms with Crippen LogP contribution in [-0.4, -0.2) is 140 Å². The number of aliphatic hydroxyl groups excluding tert-OH is 8. The van der Waals surface area contributed by atoms with E-state index >= 15 is 0 Å². The highest BCUT2D eigenvalue weighted by atomic mass is 16.7. The summed E-state index contributed by atoms with van der Waals surface area (Å²) in [6, 6.07) is -0.942. The molecule has 2 saturated heterocycles. The number of allylic oxidation sites excluding steroid dienone is 7. The Hall–Kier alpha value is -2.05. The number of rotatable bonds is 47. The Bertz CT molecular complexity index is 1430. The second-order valence-electron chi connectivity index (χ2n) is 21.1. The van der Waals surface area contributed by atoms with Crippen molar-refractivity contribution in [3.63, 3.8) is 0 Å². The fraction of sp³-hybridized carbons (Fsp3) is 0.850. The zero-order valence-corrected chi connectivity index (χ0v) is 46.3. The van der Waals surface area contributed by atoms with E-state index in [0.29, 0.717) is 12.8 Å². The first-order valence-corrected chi connectivity index (χ1v) is 29.9. The van der Waals surface area contributed by atoms with E-state index in [2.05, 4.69) is 55.6 Å². The quantitative estimate of drug-likeness (QED) is 0.0205. The van der Waals surface area contributed by atoms with Crippen LogP contribution in [0.5, 0.6) is 0 Å². The average Bonchev–Trinajstić information content (AvgIpc) is 3.40. The molecule has 0 aliphatic carbocycles. The van der Waals surface area contributed by atoms with Crippen molar-refractivity contribution >= 4 is 5.91 Å². The van der Waals surface area contributed by atoms with E-state index in [9.17, 15) is 45.6 Å². The molecule has 74 heavy (non-hydrogen) atoms. The van der Waals surface area contributed by atoms with Crippen LogP contribution in [-0.2, 0) is 23.7 Å². The number of hydrogen-bond donors (Lipinski definition) is 9. The molecule has 0 radical (unpaired) electrons. The summed E-state index contributed by atoms with van der Waals surface area (Å²) in [6.45, 7) is 2.72. The summed E-state index contributed by atoms with van der Waals surface area (Å²) in [5, 5.41) is 86.9. The third-order valence-corrected chi connectivity index (χ3v) is 14.5. The van der Waals surface area contributed by atoms with Crippen LogP contribution in [0.4, 0.5) is 0 Å². The molecule has 2 rings (SSSR count). The summed E-state index contributed by atoms with van der Waals surface area (Å²) in [5.41, 5.74) is 0. The lowest BCUT2D eigenvalue weighted by Crippen LogP contribution is -2.65. The van der Waals surface area contributed by atoms with Gasteiger partial charge in [0, 0.05) is 6.42 Å². The molecule has 2 heterocycles. The van der Waals surface area contributed by atoms with E-state index in [1.54, 1.807) is 6.08 Å². The van der Waals surface area contributed by atoms with Gasteiger partial charge in [0.2, 0.25) is 5.91 Å². The number of hydrogen-bond acceptors (Lipinski definition) is 13. The van der Waals surface area contributed by atoms with Crippen LogP contribution in [0.1, 0.15) is 232 Å². The zero-order chi connectivity index (χ0) is 53.9. The number of unbranched alkanes of at least 4 members (excludes halogenated alkanes) is 28. The van der Waals surface area contributed by atoms with E-state index < -0.39 is 86.8 Å². The molecule has 0 aromatic heterocycles. The number of nitrogens with one attached hydrogen (secondary N) is 1. The predicted molar refractivity (Wildman–Crippen MR) is 295 cm³/mol. The second-order valence-corrected chi connectivity index (χ2v) is 21.1. The monoisotopic (exact) mass is 1050 g/mol. The Morgan fingerprint density at radius 1 is 0.473 bits per heavy atom. The molecule has 0 spiro atoms. The first-order chi connectivity index (χ1) is 36.1. The highest BCUT2D eigenvalue weighted by molar-refractivity contribution is 5.76. The lowest BCUT2D eigenvalue weighted by atomic mass is 9.97. The summed E-state index contributed by atoms with van der Waals surface area (Å²) in [4.78, 5) is 13.2. The van der Waals surface area contributed by atoms with E-state index in [0.717, 1.165) is 64.2 Å². The van der Waals surface area contributed by atoms with E-state index in [4.69, 9.17) is 18.9 Å². The van der Waals surface area contributed by atoms with Gasteiger partial charge in [-0.1, -0.05) is 210 Å². The Labute approximate surface area is 448 Å². The van der Waals surface area contributed by atoms with Crippen molar-refractivity contribution in [1.82, 2.24) is 5.32 Å². The second kappa shape index (κ2) is 45.9. The van der Waals surface area contributed by atoms with Gasteiger partial charge in [-0.3, -0.25) is 4.79 Å². The molecule has 14 heteroatoms. The smallest absolute Gasteiger partial charge is 0.220 e. The topological polar surface area (TPSA) is 228 Å². The molecule has 0 bridgehead atoms. The standard InChI is InChI=1S/C60H109NO13/c1-3-5-7-9-11-13-15-16-17-18-19-20-21-22-23-24-25-26-27-28-29-30-31-32-34-35-37-39-41-43-49(64)48(61-52(65)44-42-40-38-36-33-14-12-10-8-6-4-2)47-71-59-57(70)55(68)58(51(46-63)73-59)74-60-56(69)54(67)53(66)50(45-62)72-60/h10,12,29-30,34-35,41,43,48-51,53-60,62-64,66-70H,3-9,11,13-28,31-33,36-40,42,44-47H2,1-2H3,(H,61,65)/b12-10-,30-29+,35-34+,43-41+. The summed E-state index contributed by atoms with van der Waals surface area (Å²) in [7, 11) is 0. The van der Waals surface area contributed by atoms with Crippen LogP contribution in [0.15, 0.2) is 48.6 Å². The van der Waals surface area contributed by atoms with Crippen molar-refractivity contribution < 1.29 is 64.6 Å². The van der Waals surface area contributed by atoms with Gasteiger partial charge in [-0.2, -0.15) is 0 Å². The van der Waals surface area contributed by atoms with Gasteiger partial charge in [-0.15, -0.1) is 0 Å². The molecule has 2 fully saturated rings. The molecule has 0 saturated carbocycles. The Morgan fingerprint density at radius 2 is 0.878 bits per heavy atom. The molecule has 2 aliphatic heterocycles. The fourth-order valence-electron chi connectivity index (χ4n) is 9.60. The maximum Gasteiger partial charge on any atom is 0.220 e. The molecule has 2 aliphatic rings. The van der Waals surface area contributed by atoms with Crippen molar-refractivity contribution in [2.75, 3.05) is 19.8 Å². The highest BCUT2D eigenvalue weighted by Crippen LogP contribution is 2.30. The minimum atomic E-state index is -1.79. The van der Waals surface area contributed by atoms with Gasteiger partial charge in [-0.05, 0) is 64.2 Å². The molecular weight excluding hydrogens is 943 g/mol. The molecular formula is C60H109NO13. The minimum absolute atomic E-state index is 0.258. The first kappa shape index (κ1) is 68.1. The van der Waals surface area contributed by atoms with E-state index in [1.165, 1.54) is 135 Å². The predicted octanol–water partition coefficient (Wildman–Crippen LogP) is 10.0. The third kappa shape index (κ3) is 31.4. The molecule has 1 amide bonds. The average molecular weight is 1050 g/mol. The SMILES string of the molecule is CCCC/C=C\CCCCCCCC(=O)NC(COC1OC(CO)C(OC2OC(CO)C(O)C(O)C2O)C(O)C1O)C(O)/C=C/CC/C=C/CC/C=C/CCCCCCCCCCCCCCCCCCCCC. The van der Waals surface area contributed by atoms with Crippen molar-refractivity contribution in [2.45, 2.75) is 306 Å². The Balaban J connectivity index is 1.72. The summed E-state index contributed by atoms with van der Waals surface area (Å²) in [5.74, 6) is -0.265. The largest absolute Gasteiger partial charge is 0.394 e. The van der Waals surface area contributed by atoms with Gasteiger partial charge in [0.25, 0.3) is 0 Å². The van der Waals surface area contributed by atoms with Crippen LogP contribution in [0.2, 0.25) is 0 Å². The summed E-state index contributed by atoms with van der Waals surface area (Å²) >= 11 is 0. The zero-order valence-electron chi connectivity index (χ0n) is 46.3. The Kier molecular flexibility index (Phi) is 42.2. The van der Waals surface area contributed by atoms with E-state index in [-0.39, 0.29) is 18.9 Å². The van der Waals surface area contributed by atoms with Crippen molar-refractivity contribution in [3.8, 4) is 0 Å². The van der Waals surface area contributed by atoms with Gasteiger partial charge in [0.15, 0.2) is 12.6 Å². The number of carbonyl (C=O) groups is 1. The van der Waals surface area contributed by atoms with Gasteiger partial charge < -0.3 is 65.1 Å². The van der Waals surface area contributed by atoms with Crippen molar-refractivity contribution in [2.24, 2.45) is 0 Å². The fourth-order valence-corrected chi connectivity index (χ4v) is 9.60. The minimum Gasteiger partial charge on any atom is -0.394 e. The molecule has 432 valence electrons. The molecule has 12 unspecified atom stereocenters. The number of amides is 1. The van der Waals surface area contributed by atoms with Crippen LogP contribution in [0.25, 0.3) is 0 Å².